The van der Waals surface area contributed by atoms with Gasteiger partial charge >= 0.3 is 6.03 Å². The van der Waals surface area contributed by atoms with Crippen LogP contribution in [-0.4, -0.2) is 43.5 Å². The Morgan fingerprint density at radius 2 is 2.14 bits per heavy atom. The lowest BCUT2D eigenvalue weighted by Gasteiger charge is -2.23. The summed E-state index contributed by atoms with van der Waals surface area (Å²) < 4.78 is 11.9. The van der Waals surface area contributed by atoms with Crippen LogP contribution in [0.3, 0.4) is 0 Å². The molecule has 2 amide bonds. The van der Waals surface area contributed by atoms with Crippen LogP contribution in [0, 0.1) is 6.92 Å². The molecule has 1 fully saturated rings. The molecule has 7 nitrogen and oxygen atoms in total. The summed E-state index contributed by atoms with van der Waals surface area (Å²) in [6.45, 7) is 4.03. The lowest BCUT2D eigenvalue weighted by molar-refractivity contribution is 0.0801. The largest absolute Gasteiger partial charge is 0.496 e. The van der Waals surface area contributed by atoms with Crippen molar-refractivity contribution in [1.82, 2.24) is 15.2 Å². The first-order valence-electron chi connectivity index (χ1n) is 7.47. The van der Waals surface area contributed by atoms with Crippen LogP contribution in [0.4, 0.5) is 4.79 Å². The van der Waals surface area contributed by atoms with Crippen LogP contribution in [-0.2, 0) is 11.3 Å². The second-order valence-electron chi connectivity index (χ2n) is 5.31. The molecule has 0 aliphatic carbocycles. The molecule has 7 heteroatoms. The quantitative estimate of drug-likeness (QED) is 0.836. The molecule has 1 aromatic heterocycles. The summed E-state index contributed by atoms with van der Waals surface area (Å²) in [6, 6.07) is 3.20. The van der Waals surface area contributed by atoms with E-state index in [4.69, 9.17) is 9.47 Å². The highest BCUT2D eigenvalue weighted by atomic mass is 16.5. The normalized spacial score (nSPS) is 15.4. The van der Waals surface area contributed by atoms with Gasteiger partial charge in [-0.3, -0.25) is 4.79 Å². The van der Waals surface area contributed by atoms with Crippen molar-refractivity contribution >= 4 is 6.03 Å². The molecular weight excluding hydrogens is 286 g/mol. The van der Waals surface area contributed by atoms with E-state index in [1.807, 2.05) is 6.92 Å². The van der Waals surface area contributed by atoms with Gasteiger partial charge in [0.15, 0.2) is 0 Å². The van der Waals surface area contributed by atoms with Gasteiger partial charge < -0.3 is 24.7 Å². The van der Waals surface area contributed by atoms with E-state index in [9.17, 15) is 9.59 Å². The van der Waals surface area contributed by atoms with Gasteiger partial charge in [0.1, 0.15) is 5.75 Å². The Kier molecular flexibility index (Phi) is 5.83. The van der Waals surface area contributed by atoms with Gasteiger partial charge in [-0.15, -0.1) is 0 Å². The van der Waals surface area contributed by atoms with Crippen molar-refractivity contribution in [2.75, 3.05) is 26.9 Å². The van der Waals surface area contributed by atoms with Gasteiger partial charge in [-0.25, -0.2) is 4.79 Å². The number of hydrogen-bond acceptors (Lipinski definition) is 4. The molecule has 2 N–H and O–H groups in total. The Morgan fingerprint density at radius 1 is 1.41 bits per heavy atom. The zero-order chi connectivity index (χ0) is 15.9. The van der Waals surface area contributed by atoms with Crippen molar-refractivity contribution in [3.63, 3.8) is 0 Å². The maximum absolute atomic E-state index is 12.0. The number of nitrogens with one attached hydrogen (secondary N) is 2. The number of carbonyl (C=O) groups is 1. The zero-order valence-corrected chi connectivity index (χ0v) is 13.1. The third-order valence-corrected chi connectivity index (χ3v) is 3.72. The number of aromatic nitrogens is 1. The summed E-state index contributed by atoms with van der Waals surface area (Å²) in [4.78, 5) is 23.8. The molecule has 0 spiro atoms. The Balaban J connectivity index is 1.80. The lowest BCUT2D eigenvalue weighted by atomic mass is 10.1. The monoisotopic (exact) mass is 309 g/mol. The molecule has 1 aliphatic rings. The number of rotatable bonds is 5. The fraction of sp³-hybridized carbons (Fsp3) is 0.600. The van der Waals surface area contributed by atoms with E-state index in [2.05, 4.69) is 10.6 Å². The minimum absolute atomic E-state index is 0.136. The molecule has 1 aromatic rings. The first kappa shape index (κ1) is 16.4. The number of aryl methyl sites for hydroxylation is 1. The molecule has 22 heavy (non-hydrogen) atoms. The molecule has 0 bridgehead atoms. The second kappa shape index (κ2) is 7.84. The molecular formula is C15H23N3O4. The van der Waals surface area contributed by atoms with Crippen molar-refractivity contribution < 1.29 is 14.3 Å². The van der Waals surface area contributed by atoms with Crippen molar-refractivity contribution in [2.24, 2.45) is 0 Å². The Bertz CT molecular complexity index is 564. The molecule has 0 unspecified atom stereocenters. The lowest BCUT2D eigenvalue weighted by Crippen LogP contribution is -2.45. The summed E-state index contributed by atoms with van der Waals surface area (Å²) in [5, 5.41) is 5.69. The highest BCUT2D eigenvalue weighted by molar-refractivity contribution is 5.74. The summed E-state index contributed by atoms with van der Waals surface area (Å²) in [5.74, 6) is 0.545. The predicted octanol–water partition coefficient (Wildman–Crippen LogP) is 0.644. The fourth-order valence-electron chi connectivity index (χ4n) is 2.46. The van der Waals surface area contributed by atoms with Gasteiger partial charge in [-0.2, -0.15) is 0 Å². The highest BCUT2D eigenvalue weighted by Gasteiger charge is 2.15. The number of hydrogen-bond donors (Lipinski definition) is 2. The first-order valence-corrected chi connectivity index (χ1v) is 7.47. The SMILES string of the molecule is COc1cc(C)n(CCNC(=O)NC2CCOCC2)c(=O)c1. The molecule has 1 aliphatic heterocycles. The summed E-state index contributed by atoms with van der Waals surface area (Å²) in [7, 11) is 1.53. The number of carbonyl (C=O) groups excluding carboxylic acids is 1. The van der Waals surface area contributed by atoms with Gasteiger partial charge in [0, 0.05) is 44.1 Å². The Morgan fingerprint density at radius 3 is 2.77 bits per heavy atom. The standard InChI is InChI=1S/C15H23N3O4/c1-11-9-13(21-2)10-14(19)18(11)6-5-16-15(20)17-12-3-7-22-8-4-12/h9-10,12H,3-8H2,1-2H3,(H2,16,17,20). The number of pyridine rings is 1. The molecule has 0 saturated carbocycles. The van der Waals surface area contributed by atoms with Crippen LogP contribution in [0.15, 0.2) is 16.9 Å². The van der Waals surface area contributed by atoms with Crippen molar-refractivity contribution in [3.8, 4) is 5.75 Å². The number of nitrogens with zero attached hydrogens (tertiary/aromatic N) is 1. The molecule has 2 rings (SSSR count). The summed E-state index contributed by atoms with van der Waals surface area (Å²) in [6.07, 6.45) is 1.68. The molecule has 1 saturated heterocycles. The van der Waals surface area contributed by atoms with Gasteiger partial charge in [0.2, 0.25) is 0 Å². The van der Waals surface area contributed by atoms with E-state index in [-0.39, 0.29) is 17.6 Å². The predicted molar refractivity (Wildman–Crippen MR) is 82.4 cm³/mol. The average molecular weight is 309 g/mol. The Hall–Kier alpha value is -2.02. The van der Waals surface area contributed by atoms with E-state index in [0.717, 1.165) is 18.5 Å². The summed E-state index contributed by atoms with van der Waals surface area (Å²) in [5.41, 5.74) is 0.666. The van der Waals surface area contributed by atoms with Gasteiger partial charge in [-0.05, 0) is 25.8 Å². The van der Waals surface area contributed by atoms with Gasteiger partial charge in [-0.1, -0.05) is 0 Å². The van der Waals surface area contributed by atoms with E-state index in [0.29, 0.717) is 32.1 Å². The Labute approximate surface area is 129 Å². The minimum atomic E-state index is -0.203. The smallest absolute Gasteiger partial charge is 0.315 e. The van der Waals surface area contributed by atoms with E-state index >= 15 is 0 Å². The van der Waals surface area contributed by atoms with Crippen LogP contribution >= 0.6 is 0 Å². The van der Waals surface area contributed by atoms with Gasteiger partial charge in [0.05, 0.1) is 7.11 Å². The van der Waals surface area contributed by atoms with Crippen LogP contribution in [0.5, 0.6) is 5.75 Å². The van der Waals surface area contributed by atoms with E-state index < -0.39 is 0 Å². The maximum Gasteiger partial charge on any atom is 0.315 e. The van der Waals surface area contributed by atoms with Crippen LogP contribution in [0.2, 0.25) is 0 Å². The van der Waals surface area contributed by atoms with Gasteiger partial charge in [0.25, 0.3) is 5.56 Å². The molecule has 2 heterocycles. The van der Waals surface area contributed by atoms with Crippen LogP contribution < -0.4 is 20.9 Å². The van der Waals surface area contributed by atoms with E-state index in [1.54, 1.807) is 10.6 Å². The molecule has 122 valence electrons. The van der Waals surface area contributed by atoms with Crippen molar-refractivity contribution in [1.29, 1.82) is 0 Å². The first-order chi connectivity index (χ1) is 10.6. The third-order valence-electron chi connectivity index (χ3n) is 3.72. The fourth-order valence-corrected chi connectivity index (χ4v) is 2.46. The minimum Gasteiger partial charge on any atom is -0.496 e. The van der Waals surface area contributed by atoms with Crippen molar-refractivity contribution in [2.45, 2.75) is 32.4 Å². The number of amides is 2. The topological polar surface area (TPSA) is 81.6 Å². The highest BCUT2D eigenvalue weighted by Crippen LogP contribution is 2.08. The number of urea groups is 1. The molecule has 0 atom stereocenters. The van der Waals surface area contributed by atoms with E-state index in [1.165, 1.54) is 13.2 Å². The second-order valence-corrected chi connectivity index (χ2v) is 5.31. The maximum atomic E-state index is 12.0. The van der Waals surface area contributed by atoms with Crippen LogP contribution in [0.25, 0.3) is 0 Å². The summed E-state index contributed by atoms with van der Waals surface area (Å²) >= 11 is 0. The zero-order valence-electron chi connectivity index (χ0n) is 13.1. The molecule has 0 radical (unpaired) electrons. The molecule has 0 aromatic carbocycles. The number of methoxy groups -OCH3 is 1. The third kappa shape index (κ3) is 4.49. The number of ether oxygens (including phenoxy) is 2. The van der Waals surface area contributed by atoms with Crippen molar-refractivity contribution in [3.05, 3.63) is 28.2 Å². The van der Waals surface area contributed by atoms with Crippen LogP contribution in [0.1, 0.15) is 18.5 Å². The average Bonchev–Trinajstić information content (AvgIpc) is 2.50.